The lowest BCUT2D eigenvalue weighted by molar-refractivity contribution is 0.0949. The van der Waals surface area contributed by atoms with Crippen LogP contribution in [-0.2, 0) is 6.54 Å². The maximum Gasteiger partial charge on any atom is 0.251 e. The molecule has 0 spiro atoms. The van der Waals surface area contributed by atoms with Crippen LogP contribution in [0.1, 0.15) is 32.9 Å². The van der Waals surface area contributed by atoms with Gasteiger partial charge in [0, 0.05) is 11.6 Å². The van der Waals surface area contributed by atoms with Gasteiger partial charge in [0.2, 0.25) is 0 Å². The van der Waals surface area contributed by atoms with Gasteiger partial charge in [-0.1, -0.05) is 22.9 Å². The molecule has 4 nitrogen and oxygen atoms in total. The zero-order valence-electron chi connectivity index (χ0n) is 10.8. The maximum absolute atomic E-state index is 12.0. The molecule has 94 valence electrons. The fourth-order valence-electron chi connectivity index (χ4n) is 1.75. The van der Waals surface area contributed by atoms with Crippen LogP contribution in [0.25, 0.3) is 0 Å². The first kappa shape index (κ1) is 12.4. The summed E-state index contributed by atoms with van der Waals surface area (Å²) in [6.45, 7) is 6.10. The van der Waals surface area contributed by atoms with Crippen LogP contribution in [0, 0.1) is 20.8 Å². The SMILES string of the molecule is Cc1ccc(C)c(C(=O)NCc2cc(C)on2)c1. The molecule has 2 aromatic rings. The van der Waals surface area contributed by atoms with Gasteiger partial charge in [0.05, 0.1) is 6.54 Å². The van der Waals surface area contributed by atoms with Crippen molar-refractivity contribution in [1.29, 1.82) is 0 Å². The average Bonchev–Trinajstić information content (AvgIpc) is 2.75. The van der Waals surface area contributed by atoms with E-state index in [2.05, 4.69) is 10.5 Å². The minimum Gasteiger partial charge on any atom is -0.361 e. The summed E-state index contributed by atoms with van der Waals surface area (Å²) in [7, 11) is 0. The molecule has 1 aromatic heterocycles. The van der Waals surface area contributed by atoms with Crippen molar-refractivity contribution < 1.29 is 9.32 Å². The Kier molecular flexibility index (Phi) is 3.46. The Labute approximate surface area is 106 Å². The van der Waals surface area contributed by atoms with Crippen molar-refractivity contribution in [3.63, 3.8) is 0 Å². The smallest absolute Gasteiger partial charge is 0.251 e. The lowest BCUT2D eigenvalue weighted by atomic mass is 10.1. The number of hydrogen-bond donors (Lipinski definition) is 1. The van der Waals surface area contributed by atoms with Gasteiger partial charge in [-0.05, 0) is 32.4 Å². The molecule has 0 aliphatic carbocycles. The Hall–Kier alpha value is -2.10. The van der Waals surface area contributed by atoms with Gasteiger partial charge >= 0.3 is 0 Å². The third-order valence-corrected chi connectivity index (χ3v) is 2.74. The Balaban J connectivity index is 2.05. The number of benzene rings is 1. The van der Waals surface area contributed by atoms with Gasteiger partial charge in [-0.15, -0.1) is 0 Å². The lowest BCUT2D eigenvalue weighted by Crippen LogP contribution is -2.23. The van der Waals surface area contributed by atoms with E-state index in [9.17, 15) is 4.79 Å². The molecule has 0 bridgehead atoms. The van der Waals surface area contributed by atoms with E-state index in [1.54, 1.807) is 0 Å². The summed E-state index contributed by atoms with van der Waals surface area (Å²) < 4.78 is 4.94. The van der Waals surface area contributed by atoms with E-state index in [0.717, 1.165) is 22.6 Å². The second-order valence-electron chi connectivity index (χ2n) is 4.43. The monoisotopic (exact) mass is 244 g/mol. The summed E-state index contributed by atoms with van der Waals surface area (Å²) in [5.41, 5.74) is 3.47. The molecule has 0 radical (unpaired) electrons. The normalized spacial score (nSPS) is 10.4. The number of carbonyl (C=O) groups excluding carboxylic acids is 1. The molecule has 1 heterocycles. The zero-order chi connectivity index (χ0) is 13.1. The molecule has 4 heteroatoms. The first-order valence-corrected chi connectivity index (χ1v) is 5.84. The molecule has 0 atom stereocenters. The van der Waals surface area contributed by atoms with Gasteiger partial charge in [0.15, 0.2) is 0 Å². The number of amides is 1. The van der Waals surface area contributed by atoms with E-state index in [1.165, 1.54) is 0 Å². The molecule has 0 saturated carbocycles. The second-order valence-corrected chi connectivity index (χ2v) is 4.43. The van der Waals surface area contributed by atoms with Crippen LogP contribution < -0.4 is 5.32 Å². The van der Waals surface area contributed by atoms with Crippen molar-refractivity contribution in [2.75, 3.05) is 0 Å². The minimum atomic E-state index is -0.0862. The van der Waals surface area contributed by atoms with E-state index < -0.39 is 0 Å². The van der Waals surface area contributed by atoms with Crippen molar-refractivity contribution in [1.82, 2.24) is 10.5 Å². The van der Waals surface area contributed by atoms with Crippen LogP contribution in [0.4, 0.5) is 0 Å². The topological polar surface area (TPSA) is 55.1 Å². The number of nitrogens with one attached hydrogen (secondary N) is 1. The van der Waals surface area contributed by atoms with Crippen LogP contribution >= 0.6 is 0 Å². The predicted molar refractivity (Wildman–Crippen MR) is 68.3 cm³/mol. The first-order chi connectivity index (χ1) is 8.56. The van der Waals surface area contributed by atoms with E-state index in [-0.39, 0.29) is 5.91 Å². The summed E-state index contributed by atoms with van der Waals surface area (Å²) in [4.78, 5) is 12.0. The molecule has 0 aliphatic rings. The van der Waals surface area contributed by atoms with Crippen LogP contribution in [0.15, 0.2) is 28.8 Å². The van der Waals surface area contributed by atoms with Gasteiger partial charge in [0.1, 0.15) is 11.5 Å². The van der Waals surface area contributed by atoms with Gasteiger partial charge in [0.25, 0.3) is 5.91 Å². The maximum atomic E-state index is 12.0. The molecule has 1 amide bonds. The van der Waals surface area contributed by atoms with Crippen LogP contribution in [-0.4, -0.2) is 11.1 Å². The molecular weight excluding hydrogens is 228 g/mol. The molecule has 0 aliphatic heterocycles. The average molecular weight is 244 g/mol. The van der Waals surface area contributed by atoms with E-state index in [1.807, 2.05) is 45.0 Å². The van der Waals surface area contributed by atoms with Crippen molar-refractivity contribution >= 4 is 5.91 Å². The minimum absolute atomic E-state index is 0.0862. The van der Waals surface area contributed by atoms with E-state index >= 15 is 0 Å². The lowest BCUT2D eigenvalue weighted by Gasteiger charge is -2.07. The fraction of sp³-hybridized carbons (Fsp3) is 0.286. The van der Waals surface area contributed by atoms with Gasteiger partial charge < -0.3 is 9.84 Å². The van der Waals surface area contributed by atoms with Crippen molar-refractivity contribution in [3.8, 4) is 0 Å². The summed E-state index contributed by atoms with van der Waals surface area (Å²) in [5.74, 6) is 0.655. The highest BCUT2D eigenvalue weighted by atomic mass is 16.5. The Morgan fingerprint density at radius 2 is 2.06 bits per heavy atom. The number of rotatable bonds is 3. The molecule has 18 heavy (non-hydrogen) atoms. The number of hydrogen-bond acceptors (Lipinski definition) is 3. The van der Waals surface area contributed by atoms with Gasteiger partial charge in [-0.2, -0.15) is 0 Å². The third kappa shape index (κ3) is 2.77. The Morgan fingerprint density at radius 3 is 2.72 bits per heavy atom. The largest absolute Gasteiger partial charge is 0.361 e. The molecule has 1 N–H and O–H groups in total. The second kappa shape index (κ2) is 5.04. The molecule has 1 aromatic carbocycles. The number of carbonyl (C=O) groups is 1. The summed E-state index contributed by atoms with van der Waals surface area (Å²) in [6.07, 6.45) is 0. The Morgan fingerprint density at radius 1 is 1.28 bits per heavy atom. The number of aryl methyl sites for hydroxylation is 3. The summed E-state index contributed by atoms with van der Waals surface area (Å²) in [5, 5.41) is 6.67. The molecular formula is C14H16N2O2. The highest BCUT2D eigenvalue weighted by Crippen LogP contribution is 2.10. The van der Waals surface area contributed by atoms with Crippen LogP contribution in [0.2, 0.25) is 0 Å². The molecule has 0 unspecified atom stereocenters. The molecule has 2 rings (SSSR count). The van der Waals surface area contributed by atoms with E-state index in [4.69, 9.17) is 4.52 Å². The van der Waals surface area contributed by atoms with Gasteiger partial charge in [-0.3, -0.25) is 4.79 Å². The number of aromatic nitrogens is 1. The third-order valence-electron chi connectivity index (χ3n) is 2.74. The van der Waals surface area contributed by atoms with Crippen molar-refractivity contribution in [3.05, 3.63) is 52.4 Å². The molecule has 0 fully saturated rings. The molecule has 0 saturated heterocycles. The predicted octanol–water partition coefficient (Wildman–Crippen LogP) is 2.53. The zero-order valence-corrected chi connectivity index (χ0v) is 10.8. The fourth-order valence-corrected chi connectivity index (χ4v) is 1.75. The van der Waals surface area contributed by atoms with E-state index in [0.29, 0.717) is 12.1 Å². The van der Waals surface area contributed by atoms with Crippen LogP contribution in [0.5, 0.6) is 0 Å². The van der Waals surface area contributed by atoms with Gasteiger partial charge in [-0.25, -0.2) is 0 Å². The summed E-state index contributed by atoms with van der Waals surface area (Å²) in [6, 6.07) is 7.64. The summed E-state index contributed by atoms with van der Waals surface area (Å²) >= 11 is 0. The van der Waals surface area contributed by atoms with Crippen LogP contribution in [0.3, 0.4) is 0 Å². The highest BCUT2D eigenvalue weighted by Gasteiger charge is 2.09. The van der Waals surface area contributed by atoms with Crippen molar-refractivity contribution in [2.24, 2.45) is 0 Å². The number of nitrogens with zero attached hydrogens (tertiary/aromatic N) is 1. The Bertz CT molecular complexity index is 573. The van der Waals surface area contributed by atoms with Crippen molar-refractivity contribution in [2.45, 2.75) is 27.3 Å². The standard InChI is InChI=1S/C14H16N2O2/c1-9-4-5-10(2)13(6-9)14(17)15-8-12-7-11(3)18-16-12/h4-7H,8H2,1-3H3,(H,15,17). The quantitative estimate of drug-likeness (QED) is 0.902. The first-order valence-electron chi connectivity index (χ1n) is 5.84. The highest BCUT2D eigenvalue weighted by molar-refractivity contribution is 5.95.